The monoisotopic (exact) mass is 362 g/mol. The van der Waals surface area contributed by atoms with E-state index in [1.165, 1.54) is 31.9 Å². The second kappa shape index (κ2) is 9.57. The van der Waals surface area contributed by atoms with Gasteiger partial charge in [0.1, 0.15) is 17.1 Å². The molecule has 1 aromatic heterocycles. The molecule has 1 aliphatic carbocycles. The van der Waals surface area contributed by atoms with E-state index in [0.717, 1.165) is 12.8 Å². The van der Waals surface area contributed by atoms with Crippen LogP contribution in [0.5, 0.6) is 0 Å². The molecule has 0 saturated heterocycles. The number of nitrogens with one attached hydrogen (secondary N) is 1. The summed E-state index contributed by atoms with van der Waals surface area (Å²) in [5.74, 6) is 0.749. The molecule has 0 fully saturated rings. The van der Waals surface area contributed by atoms with Gasteiger partial charge in [-0.1, -0.05) is 11.6 Å². The molecule has 0 aromatic carbocycles. The van der Waals surface area contributed by atoms with Gasteiger partial charge in [0.25, 0.3) is 0 Å². The summed E-state index contributed by atoms with van der Waals surface area (Å²) in [6.07, 6.45) is 8.10. The van der Waals surface area contributed by atoms with Crippen LogP contribution in [0.2, 0.25) is 0 Å². The molecule has 0 aliphatic heterocycles. The molecule has 1 aromatic rings. The molecule has 0 spiro atoms. The maximum absolute atomic E-state index is 12.4. The lowest BCUT2D eigenvalue weighted by atomic mass is 9.97. The predicted molar refractivity (Wildman–Crippen MR) is 99.9 cm³/mol. The topological polar surface area (TPSA) is 71.8 Å². The molecule has 144 valence electrons. The number of ether oxygens (including phenoxy) is 1. The SMILES string of the molecule is COC(=O)c1cc(CN(C)C(C)C(=O)NCCC2=CCCCC2)oc1C. The number of aryl methyl sites for hydroxylation is 1. The van der Waals surface area contributed by atoms with Crippen LogP contribution < -0.4 is 5.32 Å². The van der Waals surface area contributed by atoms with Gasteiger partial charge in [-0.15, -0.1) is 0 Å². The summed E-state index contributed by atoms with van der Waals surface area (Å²) >= 11 is 0. The van der Waals surface area contributed by atoms with Crippen LogP contribution in [0.1, 0.15) is 60.9 Å². The van der Waals surface area contributed by atoms with E-state index < -0.39 is 5.97 Å². The van der Waals surface area contributed by atoms with E-state index in [-0.39, 0.29) is 11.9 Å². The molecule has 6 nitrogen and oxygen atoms in total. The van der Waals surface area contributed by atoms with Crippen molar-refractivity contribution in [2.45, 2.75) is 58.5 Å². The van der Waals surface area contributed by atoms with Gasteiger partial charge in [0, 0.05) is 6.54 Å². The smallest absolute Gasteiger partial charge is 0.341 e. The average molecular weight is 362 g/mol. The highest BCUT2D eigenvalue weighted by molar-refractivity contribution is 5.90. The summed E-state index contributed by atoms with van der Waals surface area (Å²) in [4.78, 5) is 25.9. The molecule has 26 heavy (non-hydrogen) atoms. The molecule has 0 bridgehead atoms. The summed E-state index contributed by atoms with van der Waals surface area (Å²) in [5, 5.41) is 3.01. The van der Waals surface area contributed by atoms with E-state index in [9.17, 15) is 9.59 Å². The van der Waals surface area contributed by atoms with Crippen molar-refractivity contribution in [3.8, 4) is 0 Å². The molecule has 1 aliphatic rings. The normalized spacial score (nSPS) is 15.5. The molecule has 1 N–H and O–H groups in total. The second-order valence-electron chi connectivity index (χ2n) is 6.91. The van der Waals surface area contributed by atoms with Gasteiger partial charge in [-0.05, 0) is 59.1 Å². The molecule has 1 amide bonds. The maximum Gasteiger partial charge on any atom is 0.341 e. The van der Waals surface area contributed by atoms with Gasteiger partial charge < -0.3 is 14.5 Å². The number of methoxy groups -OCH3 is 1. The Balaban J connectivity index is 1.82. The Labute approximate surface area is 155 Å². The zero-order valence-corrected chi connectivity index (χ0v) is 16.3. The van der Waals surface area contributed by atoms with Gasteiger partial charge in [-0.2, -0.15) is 0 Å². The van der Waals surface area contributed by atoms with Crippen molar-refractivity contribution in [1.82, 2.24) is 10.2 Å². The molecule has 0 radical (unpaired) electrons. The van der Waals surface area contributed by atoms with Crippen LogP contribution in [0.25, 0.3) is 0 Å². The summed E-state index contributed by atoms with van der Waals surface area (Å²) in [6.45, 7) is 4.71. The Morgan fingerprint density at radius 3 is 2.81 bits per heavy atom. The molecule has 1 atom stereocenters. The van der Waals surface area contributed by atoms with Crippen molar-refractivity contribution < 1.29 is 18.7 Å². The Kier molecular flexibility index (Phi) is 7.45. The van der Waals surface area contributed by atoms with Crippen LogP contribution in [0.15, 0.2) is 22.1 Å². The number of carbonyl (C=O) groups excluding carboxylic acids is 2. The van der Waals surface area contributed by atoms with Crippen LogP contribution in [0, 0.1) is 6.92 Å². The highest BCUT2D eigenvalue weighted by atomic mass is 16.5. The maximum atomic E-state index is 12.4. The van der Waals surface area contributed by atoms with Crippen molar-refractivity contribution in [1.29, 1.82) is 0 Å². The number of esters is 1. The van der Waals surface area contributed by atoms with Gasteiger partial charge in [-0.3, -0.25) is 9.69 Å². The van der Waals surface area contributed by atoms with Crippen LogP contribution in [-0.4, -0.2) is 43.5 Å². The number of rotatable bonds is 8. The fourth-order valence-electron chi connectivity index (χ4n) is 3.14. The predicted octanol–water partition coefficient (Wildman–Crippen LogP) is 3.20. The number of hydrogen-bond donors (Lipinski definition) is 1. The van der Waals surface area contributed by atoms with E-state index in [2.05, 4.69) is 11.4 Å². The molecule has 2 rings (SSSR count). The highest BCUT2D eigenvalue weighted by Crippen LogP contribution is 2.20. The van der Waals surface area contributed by atoms with Crippen LogP contribution in [0.4, 0.5) is 0 Å². The zero-order valence-electron chi connectivity index (χ0n) is 16.3. The van der Waals surface area contributed by atoms with Crippen molar-refractivity contribution in [2.24, 2.45) is 0 Å². The Hall–Kier alpha value is -2.08. The lowest BCUT2D eigenvalue weighted by Gasteiger charge is -2.23. The summed E-state index contributed by atoms with van der Waals surface area (Å²) in [7, 11) is 3.21. The number of hydrogen-bond acceptors (Lipinski definition) is 5. The molecule has 1 unspecified atom stereocenters. The van der Waals surface area contributed by atoms with E-state index in [4.69, 9.17) is 9.15 Å². The van der Waals surface area contributed by atoms with E-state index in [1.807, 2.05) is 18.9 Å². The third kappa shape index (κ3) is 5.46. The first-order valence-corrected chi connectivity index (χ1v) is 9.26. The van der Waals surface area contributed by atoms with E-state index in [1.54, 1.807) is 13.0 Å². The summed E-state index contributed by atoms with van der Waals surface area (Å²) < 4.78 is 10.4. The van der Waals surface area contributed by atoms with Crippen molar-refractivity contribution >= 4 is 11.9 Å². The fraction of sp³-hybridized carbons (Fsp3) is 0.600. The van der Waals surface area contributed by atoms with Gasteiger partial charge in [0.2, 0.25) is 5.91 Å². The van der Waals surface area contributed by atoms with E-state index in [0.29, 0.717) is 30.2 Å². The van der Waals surface area contributed by atoms with E-state index >= 15 is 0 Å². The van der Waals surface area contributed by atoms with Gasteiger partial charge in [-0.25, -0.2) is 4.79 Å². The molecular weight excluding hydrogens is 332 g/mol. The average Bonchev–Trinajstić information content (AvgIpc) is 3.01. The quantitative estimate of drug-likeness (QED) is 0.568. The van der Waals surface area contributed by atoms with Crippen LogP contribution in [0.3, 0.4) is 0 Å². The number of carbonyl (C=O) groups is 2. The number of nitrogens with zero attached hydrogens (tertiary/aromatic N) is 1. The number of furan rings is 1. The zero-order chi connectivity index (χ0) is 19.1. The van der Waals surface area contributed by atoms with Crippen molar-refractivity contribution in [2.75, 3.05) is 20.7 Å². The minimum Gasteiger partial charge on any atom is -0.465 e. The second-order valence-corrected chi connectivity index (χ2v) is 6.91. The van der Waals surface area contributed by atoms with Crippen molar-refractivity contribution in [3.05, 3.63) is 34.8 Å². The Bertz CT molecular complexity index is 663. The lowest BCUT2D eigenvalue weighted by molar-refractivity contribution is -0.125. The molecule has 1 heterocycles. The summed E-state index contributed by atoms with van der Waals surface area (Å²) in [6, 6.07) is 1.39. The number of allylic oxidation sites excluding steroid dienone is 1. The van der Waals surface area contributed by atoms with Gasteiger partial charge >= 0.3 is 5.97 Å². The van der Waals surface area contributed by atoms with Crippen LogP contribution >= 0.6 is 0 Å². The first-order valence-electron chi connectivity index (χ1n) is 9.26. The van der Waals surface area contributed by atoms with Crippen LogP contribution in [-0.2, 0) is 16.1 Å². The molecule has 6 heteroatoms. The van der Waals surface area contributed by atoms with Gasteiger partial charge in [0.15, 0.2) is 0 Å². The highest BCUT2D eigenvalue weighted by Gasteiger charge is 2.21. The standard InChI is InChI=1S/C20H30N2O4/c1-14(19(23)21-11-10-16-8-6-5-7-9-16)22(3)13-17-12-18(15(2)26-17)20(24)25-4/h8,12,14H,5-7,9-11,13H2,1-4H3,(H,21,23). The first kappa shape index (κ1) is 20.2. The van der Waals surface area contributed by atoms with Gasteiger partial charge in [0.05, 0.1) is 19.7 Å². The summed E-state index contributed by atoms with van der Waals surface area (Å²) in [5.41, 5.74) is 1.88. The number of likely N-dealkylation sites (N-methyl/N-ethyl adjacent to an activating group) is 1. The lowest BCUT2D eigenvalue weighted by Crippen LogP contribution is -2.43. The van der Waals surface area contributed by atoms with Crippen molar-refractivity contribution in [3.63, 3.8) is 0 Å². The number of amides is 1. The third-order valence-electron chi connectivity index (χ3n) is 4.95. The third-order valence-corrected chi connectivity index (χ3v) is 4.95. The minimum absolute atomic E-state index is 0.000351. The first-order chi connectivity index (χ1) is 12.4. The Morgan fingerprint density at radius 2 is 2.15 bits per heavy atom. The molecule has 0 saturated carbocycles. The largest absolute Gasteiger partial charge is 0.465 e. The molecular formula is C20H30N2O4. The minimum atomic E-state index is -0.414. The Morgan fingerprint density at radius 1 is 1.38 bits per heavy atom. The fourth-order valence-corrected chi connectivity index (χ4v) is 3.14.